The first-order valence-electron chi connectivity index (χ1n) is 4.18. The first kappa shape index (κ1) is 7.53. The van der Waals surface area contributed by atoms with Crippen LogP contribution in [0, 0.1) is 0 Å². The Morgan fingerprint density at radius 2 is 2.42 bits per heavy atom. The van der Waals surface area contributed by atoms with E-state index in [0.29, 0.717) is 6.42 Å². The van der Waals surface area contributed by atoms with Gasteiger partial charge in [0.25, 0.3) is 0 Å². The predicted octanol–water partition coefficient (Wildman–Crippen LogP) is 1.85. The molecule has 1 saturated carbocycles. The molecule has 0 bridgehead atoms. The SMILES string of the molecule is C=CCc1noc(C2(C)CC2)n1. The summed E-state index contributed by atoms with van der Waals surface area (Å²) in [6.07, 6.45) is 4.81. The minimum atomic E-state index is 0.187. The lowest BCUT2D eigenvalue weighted by Crippen LogP contribution is -1.99. The summed E-state index contributed by atoms with van der Waals surface area (Å²) in [5.41, 5.74) is 0.187. The van der Waals surface area contributed by atoms with Gasteiger partial charge in [0, 0.05) is 11.8 Å². The number of hydrogen-bond acceptors (Lipinski definition) is 3. The van der Waals surface area contributed by atoms with Gasteiger partial charge >= 0.3 is 0 Å². The summed E-state index contributed by atoms with van der Waals surface area (Å²) in [5.74, 6) is 1.53. The van der Waals surface area contributed by atoms with Crippen LogP contribution in [0.1, 0.15) is 31.5 Å². The molecule has 1 aromatic heterocycles. The molecule has 0 aliphatic heterocycles. The lowest BCUT2D eigenvalue weighted by atomic mass is 10.1. The molecule has 2 rings (SSSR count). The summed E-state index contributed by atoms with van der Waals surface area (Å²) in [7, 11) is 0. The Balaban J connectivity index is 2.18. The van der Waals surface area contributed by atoms with Crippen LogP contribution in [0.25, 0.3) is 0 Å². The number of hydrogen-bond donors (Lipinski definition) is 0. The molecule has 1 fully saturated rings. The molecule has 1 aliphatic rings. The minimum absolute atomic E-state index is 0.187. The molecule has 1 heterocycles. The maximum Gasteiger partial charge on any atom is 0.232 e. The third kappa shape index (κ3) is 1.15. The lowest BCUT2D eigenvalue weighted by molar-refractivity contribution is 0.349. The molecule has 0 saturated heterocycles. The van der Waals surface area contributed by atoms with Crippen molar-refractivity contribution in [2.75, 3.05) is 0 Å². The van der Waals surface area contributed by atoms with Crippen molar-refractivity contribution in [3.05, 3.63) is 24.4 Å². The van der Waals surface area contributed by atoms with Crippen molar-refractivity contribution in [3.8, 4) is 0 Å². The van der Waals surface area contributed by atoms with Gasteiger partial charge in [0.15, 0.2) is 5.82 Å². The van der Waals surface area contributed by atoms with E-state index in [9.17, 15) is 0 Å². The summed E-state index contributed by atoms with van der Waals surface area (Å²) in [4.78, 5) is 4.28. The van der Waals surface area contributed by atoms with Crippen LogP contribution in [-0.2, 0) is 11.8 Å². The Labute approximate surface area is 71.5 Å². The molecule has 3 nitrogen and oxygen atoms in total. The van der Waals surface area contributed by atoms with E-state index in [1.165, 1.54) is 12.8 Å². The highest BCUT2D eigenvalue weighted by Gasteiger charge is 2.44. The highest BCUT2D eigenvalue weighted by Crippen LogP contribution is 2.46. The predicted molar refractivity (Wildman–Crippen MR) is 44.8 cm³/mol. The van der Waals surface area contributed by atoms with Gasteiger partial charge in [0.05, 0.1) is 0 Å². The molecule has 12 heavy (non-hydrogen) atoms. The molecule has 0 amide bonds. The van der Waals surface area contributed by atoms with Crippen molar-refractivity contribution < 1.29 is 4.52 Å². The average molecular weight is 164 g/mol. The number of aromatic nitrogens is 2. The summed E-state index contributed by atoms with van der Waals surface area (Å²) in [6.45, 7) is 5.77. The lowest BCUT2D eigenvalue weighted by Gasteiger charge is -1.96. The van der Waals surface area contributed by atoms with E-state index in [1.807, 2.05) is 0 Å². The molecule has 0 aromatic carbocycles. The van der Waals surface area contributed by atoms with Crippen LogP contribution in [0.15, 0.2) is 17.2 Å². The quantitative estimate of drug-likeness (QED) is 0.640. The topological polar surface area (TPSA) is 38.9 Å². The van der Waals surface area contributed by atoms with Gasteiger partial charge in [-0.25, -0.2) is 0 Å². The number of nitrogens with zero attached hydrogens (tertiary/aromatic N) is 2. The third-order valence-corrected chi connectivity index (χ3v) is 2.31. The van der Waals surface area contributed by atoms with Gasteiger partial charge in [-0.05, 0) is 12.8 Å². The summed E-state index contributed by atoms with van der Waals surface area (Å²) < 4.78 is 5.14. The van der Waals surface area contributed by atoms with Gasteiger partial charge in [0.2, 0.25) is 5.89 Å². The molecule has 0 atom stereocenters. The van der Waals surface area contributed by atoms with Crippen LogP contribution in [0.3, 0.4) is 0 Å². The van der Waals surface area contributed by atoms with Gasteiger partial charge in [-0.3, -0.25) is 0 Å². The fraction of sp³-hybridized carbons (Fsp3) is 0.556. The molecule has 0 spiro atoms. The van der Waals surface area contributed by atoms with Crippen molar-refractivity contribution in [1.82, 2.24) is 10.1 Å². The van der Waals surface area contributed by atoms with Crippen LogP contribution in [0.5, 0.6) is 0 Å². The molecule has 64 valence electrons. The van der Waals surface area contributed by atoms with Crippen LogP contribution >= 0.6 is 0 Å². The van der Waals surface area contributed by atoms with Crippen molar-refractivity contribution in [1.29, 1.82) is 0 Å². The summed E-state index contributed by atoms with van der Waals surface area (Å²) >= 11 is 0. The van der Waals surface area contributed by atoms with E-state index >= 15 is 0 Å². The Morgan fingerprint density at radius 3 is 3.00 bits per heavy atom. The summed E-state index contributed by atoms with van der Waals surface area (Å²) in [5, 5.41) is 3.86. The van der Waals surface area contributed by atoms with E-state index in [4.69, 9.17) is 4.52 Å². The van der Waals surface area contributed by atoms with Crippen LogP contribution in [0.2, 0.25) is 0 Å². The van der Waals surface area contributed by atoms with Crippen LogP contribution in [0.4, 0.5) is 0 Å². The zero-order valence-corrected chi connectivity index (χ0v) is 7.21. The standard InChI is InChI=1S/C9H12N2O/c1-3-4-7-10-8(12-11-7)9(2)5-6-9/h3H,1,4-6H2,2H3. The first-order valence-corrected chi connectivity index (χ1v) is 4.18. The zero-order valence-electron chi connectivity index (χ0n) is 7.21. The van der Waals surface area contributed by atoms with Gasteiger partial charge in [-0.15, -0.1) is 6.58 Å². The van der Waals surface area contributed by atoms with Crippen LogP contribution in [-0.4, -0.2) is 10.1 Å². The van der Waals surface area contributed by atoms with E-state index in [-0.39, 0.29) is 5.41 Å². The Bertz CT molecular complexity index is 299. The molecule has 1 aliphatic carbocycles. The molecule has 0 N–H and O–H groups in total. The molecule has 1 aromatic rings. The van der Waals surface area contributed by atoms with Gasteiger partial charge < -0.3 is 4.52 Å². The van der Waals surface area contributed by atoms with Crippen molar-refractivity contribution in [2.45, 2.75) is 31.6 Å². The van der Waals surface area contributed by atoms with E-state index in [1.54, 1.807) is 6.08 Å². The second-order valence-electron chi connectivity index (χ2n) is 3.57. The maximum atomic E-state index is 5.14. The Kier molecular flexibility index (Phi) is 1.53. The molecule has 0 radical (unpaired) electrons. The smallest absolute Gasteiger partial charge is 0.232 e. The van der Waals surface area contributed by atoms with Crippen LogP contribution < -0.4 is 0 Å². The highest BCUT2D eigenvalue weighted by molar-refractivity contribution is 5.13. The zero-order chi connectivity index (χ0) is 8.60. The average Bonchev–Trinajstić information content (AvgIpc) is 2.64. The maximum absolute atomic E-state index is 5.14. The molecule has 0 unspecified atom stereocenters. The second kappa shape index (κ2) is 2.44. The highest BCUT2D eigenvalue weighted by atomic mass is 16.5. The number of allylic oxidation sites excluding steroid dienone is 1. The first-order chi connectivity index (χ1) is 5.74. The fourth-order valence-electron chi connectivity index (χ4n) is 1.11. The Hall–Kier alpha value is -1.12. The summed E-state index contributed by atoms with van der Waals surface area (Å²) in [6, 6.07) is 0. The van der Waals surface area contributed by atoms with Crippen molar-refractivity contribution in [2.24, 2.45) is 0 Å². The van der Waals surface area contributed by atoms with E-state index < -0.39 is 0 Å². The van der Waals surface area contributed by atoms with E-state index in [0.717, 1.165) is 11.7 Å². The Morgan fingerprint density at radius 1 is 1.67 bits per heavy atom. The van der Waals surface area contributed by atoms with E-state index in [2.05, 4.69) is 23.6 Å². The monoisotopic (exact) mass is 164 g/mol. The second-order valence-corrected chi connectivity index (χ2v) is 3.57. The normalized spacial score (nSPS) is 19.1. The largest absolute Gasteiger partial charge is 0.339 e. The third-order valence-electron chi connectivity index (χ3n) is 2.31. The molecular formula is C9H12N2O. The van der Waals surface area contributed by atoms with Crippen molar-refractivity contribution >= 4 is 0 Å². The van der Waals surface area contributed by atoms with Gasteiger partial charge in [0.1, 0.15) is 0 Å². The van der Waals surface area contributed by atoms with Crippen molar-refractivity contribution in [3.63, 3.8) is 0 Å². The van der Waals surface area contributed by atoms with Gasteiger partial charge in [-0.2, -0.15) is 4.98 Å². The minimum Gasteiger partial charge on any atom is -0.339 e. The number of rotatable bonds is 3. The van der Waals surface area contributed by atoms with Gasteiger partial charge in [-0.1, -0.05) is 18.2 Å². The molecular weight excluding hydrogens is 152 g/mol. The fourth-order valence-corrected chi connectivity index (χ4v) is 1.11. The molecule has 3 heteroatoms.